The summed E-state index contributed by atoms with van der Waals surface area (Å²) in [7, 11) is 0. The van der Waals surface area contributed by atoms with Gasteiger partial charge >= 0.3 is 0 Å². The molecule has 8 heteroatoms. The first-order chi connectivity index (χ1) is 8.04. The molecular weight excluding hydrogens is 247 g/mol. The highest BCUT2D eigenvalue weighted by molar-refractivity contribution is 7.99. The fourth-order valence-electron chi connectivity index (χ4n) is 1.19. The van der Waals surface area contributed by atoms with Crippen molar-refractivity contribution < 1.29 is 9.31 Å². The number of benzene rings is 1. The predicted octanol–water partition coefficient (Wildman–Crippen LogP) is 2.31. The van der Waals surface area contributed by atoms with E-state index in [-0.39, 0.29) is 5.69 Å². The molecule has 0 aliphatic heterocycles. The molecule has 0 amide bonds. The molecular formula is C9H7FN4O2S. The zero-order valence-corrected chi connectivity index (χ0v) is 9.49. The van der Waals surface area contributed by atoms with Crippen LogP contribution in [-0.2, 0) is 0 Å². The minimum absolute atomic E-state index is 0.292. The molecule has 1 aromatic heterocycles. The van der Waals surface area contributed by atoms with Crippen LogP contribution in [0.5, 0.6) is 0 Å². The second-order valence-corrected chi connectivity index (χ2v) is 4.25. The molecule has 1 heterocycles. The van der Waals surface area contributed by atoms with E-state index >= 15 is 0 Å². The van der Waals surface area contributed by atoms with Gasteiger partial charge in [-0.1, -0.05) is 0 Å². The van der Waals surface area contributed by atoms with Crippen LogP contribution in [0.1, 0.15) is 5.82 Å². The lowest BCUT2D eigenvalue weighted by molar-refractivity contribution is -0.385. The highest BCUT2D eigenvalue weighted by Gasteiger charge is 2.12. The number of nitro benzene ring substituents is 1. The molecule has 17 heavy (non-hydrogen) atoms. The van der Waals surface area contributed by atoms with E-state index in [9.17, 15) is 14.5 Å². The number of aromatic nitrogens is 3. The summed E-state index contributed by atoms with van der Waals surface area (Å²) in [6.07, 6.45) is 0. The molecule has 0 bridgehead atoms. The lowest BCUT2D eigenvalue weighted by Gasteiger charge is -1.98. The summed E-state index contributed by atoms with van der Waals surface area (Å²) in [5.41, 5.74) is -0.292. The molecule has 2 aromatic rings. The van der Waals surface area contributed by atoms with E-state index in [2.05, 4.69) is 15.2 Å². The predicted molar refractivity (Wildman–Crippen MR) is 58.3 cm³/mol. The molecule has 0 unspecified atom stereocenters. The van der Waals surface area contributed by atoms with Crippen LogP contribution in [0.2, 0.25) is 0 Å². The number of nitrogens with zero attached hydrogens (tertiary/aromatic N) is 3. The van der Waals surface area contributed by atoms with Gasteiger partial charge in [0.2, 0.25) is 5.16 Å². The van der Waals surface area contributed by atoms with Gasteiger partial charge in [-0.3, -0.25) is 15.2 Å². The Bertz CT molecular complexity index is 572. The number of non-ortho nitro benzene ring substituents is 1. The van der Waals surface area contributed by atoms with Gasteiger partial charge in [0.1, 0.15) is 11.6 Å². The summed E-state index contributed by atoms with van der Waals surface area (Å²) in [5, 5.41) is 17.4. The monoisotopic (exact) mass is 254 g/mol. The van der Waals surface area contributed by atoms with Gasteiger partial charge in [-0.25, -0.2) is 9.37 Å². The topological polar surface area (TPSA) is 84.7 Å². The third-order valence-electron chi connectivity index (χ3n) is 1.85. The molecule has 88 valence electrons. The summed E-state index contributed by atoms with van der Waals surface area (Å²) in [4.78, 5) is 14.3. The molecule has 0 fully saturated rings. The third-order valence-corrected chi connectivity index (χ3v) is 2.69. The van der Waals surface area contributed by atoms with E-state index in [0.29, 0.717) is 15.9 Å². The van der Waals surface area contributed by atoms with Gasteiger partial charge in [0.05, 0.1) is 11.0 Å². The van der Waals surface area contributed by atoms with E-state index in [1.54, 1.807) is 6.92 Å². The summed E-state index contributed by atoms with van der Waals surface area (Å²) >= 11 is 1.06. The summed E-state index contributed by atoms with van der Waals surface area (Å²) in [5.74, 6) is -0.0349. The number of halogens is 1. The molecule has 0 atom stereocenters. The molecule has 1 N–H and O–H groups in total. The van der Waals surface area contributed by atoms with Crippen LogP contribution in [0.25, 0.3) is 0 Å². The van der Waals surface area contributed by atoms with Crippen molar-refractivity contribution in [2.45, 2.75) is 17.0 Å². The van der Waals surface area contributed by atoms with Gasteiger partial charge in [-0.05, 0) is 24.8 Å². The van der Waals surface area contributed by atoms with Crippen molar-refractivity contribution in [1.82, 2.24) is 15.2 Å². The molecule has 0 spiro atoms. The quantitative estimate of drug-likeness (QED) is 0.671. The number of hydrogen-bond acceptors (Lipinski definition) is 5. The van der Waals surface area contributed by atoms with Crippen LogP contribution in [0.3, 0.4) is 0 Å². The fraction of sp³-hybridized carbons (Fsp3) is 0.111. The summed E-state index contributed by atoms with van der Waals surface area (Å²) in [6.45, 7) is 1.73. The van der Waals surface area contributed by atoms with Crippen molar-refractivity contribution >= 4 is 17.4 Å². The normalized spacial score (nSPS) is 10.5. The number of hydrogen-bond donors (Lipinski definition) is 1. The standard InChI is InChI=1S/C9H7FN4O2S/c1-5-11-9(13-12-5)17-8-3-6(10)2-7(4-8)14(15)16/h2-4H,1H3,(H,11,12,13). The molecule has 6 nitrogen and oxygen atoms in total. The zero-order valence-electron chi connectivity index (χ0n) is 8.68. The SMILES string of the molecule is Cc1nc(Sc2cc(F)cc([N+](=O)[O-])c2)n[nH]1. The average Bonchev–Trinajstić information content (AvgIpc) is 2.63. The molecule has 1 aromatic carbocycles. The fourth-order valence-corrected chi connectivity index (χ4v) is 2.02. The number of rotatable bonds is 3. The van der Waals surface area contributed by atoms with Crippen LogP contribution in [0.4, 0.5) is 10.1 Å². The third kappa shape index (κ3) is 2.78. The molecule has 0 saturated carbocycles. The Morgan fingerprint density at radius 1 is 1.47 bits per heavy atom. The van der Waals surface area contributed by atoms with Crippen molar-refractivity contribution in [3.8, 4) is 0 Å². The highest BCUT2D eigenvalue weighted by atomic mass is 32.2. The van der Waals surface area contributed by atoms with E-state index < -0.39 is 10.7 Å². The van der Waals surface area contributed by atoms with E-state index in [1.807, 2.05) is 0 Å². The maximum absolute atomic E-state index is 13.1. The Balaban J connectivity index is 2.29. The van der Waals surface area contributed by atoms with Crippen LogP contribution >= 0.6 is 11.8 Å². The minimum atomic E-state index is -0.658. The van der Waals surface area contributed by atoms with Crippen LogP contribution in [0, 0.1) is 22.9 Å². The zero-order chi connectivity index (χ0) is 12.4. The maximum Gasteiger partial charge on any atom is 0.273 e. The molecule has 0 aliphatic rings. The summed E-state index contributed by atoms with van der Waals surface area (Å²) < 4.78 is 13.1. The van der Waals surface area contributed by atoms with Crippen LogP contribution < -0.4 is 0 Å². The van der Waals surface area contributed by atoms with Gasteiger partial charge in [-0.15, -0.1) is 5.10 Å². The van der Waals surface area contributed by atoms with Crippen molar-refractivity contribution in [3.05, 3.63) is 40.0 Å². The first-order valence-corrected chi connectivity index (χ1v) is 5.38. The molecule has 0 radical (unpaired) electrons. The van der Waals surface area contributed by atoms with Crippen molar-refractivity contribution in [2.24, 2.45) is 0 Å². The largest absolute Gasteiger partial charge is 0.273 e. The van der Waals surface area contributed by atoms with E-state index in [1.165, 1.54) is 12.1 Å². The second-order valence-electron chi connectivity index (χ2n) is 3.21. The lowest BCUT2D eigenvalue weighted by atomic mass is 10.3. The maximum atomic E-state index is 13.1. The highest BCUT2D eigenvalue weighted by Crippen LogP contribution is 2.28. The first kappa shape index (κ1) is 11.5. The molecule has 0 aliphatic carbocycles. The van der Waals surface area contributed by atoms with E-state index in [4.69, 9.17) is 0 Å². The van der Waals surface area contributed by atoms with Gasteiger partial charge in [-0.2, -0.15) is 0 Å². The number of aryl methyl sites for hydroxylation is 1. The number of aromatic amines is 1. The van der Waals surface area contributed by atoms with Gasteiger partial charge < -0.3 is 0 Å². The Labute approximate surface area is 99.4 Å². The molecule has 0 saturated heterocycles. The molecule has 2 rings (SSSR count). The van der Waals surface area contributed by atoms with Crippen molar-refractivity contribution in [2.75, 3.05) is 0 Å². The lowest BCUT2D eigenvalue weighted by Crippen LogP contribution is -1.90. The van der Waals surface area contributed by atoms with Crippen LogP contribution in [-0.4, -0.2) is 20.1 Å². The van der Waals surface area contributed by atoms with Gasteiger partial charge in [0.15, 0.2) is 0 Å². The number of nitrogens with one attached hydrogen (secondary N) is 1. The Morgan fingerprint density at radius 2 is 2.24 bits per heavy atom. The average molecular weight is 254 g/mol. The minimum Gasteiger partial charge on any atom is -0.262 e. The van der Waals surface area contributed by atoms with Crippen molar-refractivity contribution in [3.63, 3.8) is 0 Å². The summed E-state index contributed by atoms with van der Waals surface area (Å²) in [6, 6.07) is 3.34. The number of nitro groups is 1. The number of H-pyrrole nitrogens is 1. The Kier molecular flexibility index (Phi) is 3.05. The van der Waals surface area contributed by atoms with Gasteiger partial charge in [0, 0.05) is 11.0 Å². The smallest absolute Gasteiger partial charge is 0.262 e. The first-order valence-electron chi connectivity index (χ1n) is 4.56. The van der Waals surface area contributed by atoms with Crippen molar-refractivity contribution in [1.29, 1.82) is 0 Å². The Morgan fingerprint density at radius 3 is 2.82 bits per heavy atom. The second kappa shape index (κ2) is 4.50. The Hall–Kier alpha value is -1.96. The van der Waals surface area contributed by atoms with Crippen LogP contribution in [0.15, 0.2) is 28.3 Å². The van der Waals surface area contributed by atoms with Gasteiger partial charge in [0.25, 0.3) is 5.69 Å². The van der Waals surface area contributed by atoms with E-state index in [0.717, 1.165) is 17.8 Å².